The molecule has 0 rings (SSSR count). The van der Waals surface area contributed by atoms with E-state index < -0.39 is 0 Å². The predicted molar refractivity (Wildman–Crippen MR) is 116 cm³/mol. The van der Waals surface area contributed by atoms with Crippen molar-refractivity contribution < 1.29 is 23.7 Å². The largest absolute Gasteiger partial charge is 0.382 e. The molecule has 5 nitrogen and oxygen atoms in total. The van der Waals surface area contributed by atoms with E-state index in [2.05, 4.69) is 50.5 Å². The minimum atomic E-state index is -0.212. The van der Waals surface area contributed by atoms with Crippen LogP contribution in [0, 0.1) is 0 Å². The van der Waals surface area contributed by atoms with Crippen molar-refractivity contribution in [3.63, 3.8) is 0 Å². The van der Waals surface area contributed by atoms with E-state index in [9.17, 15) is 0 Å². The zero-order chi connectivity index (χ0) is 19.2. The molecule has 152 valence electrons. The van der Waals surface area contributed by atoms with Crippen LogP contribution in [0.3, 0.4) is 0 Å². The fraction of sp³-hybridized carbons (Fsp3) is 1.00. The Bertz CT molecular complexity index is 286. The Morgan fingerprint density at radius 2 is 1.00 bits per heavy atom. The number of rotatable bonds is 16. The molecule has 0 aromatic rings. The molecule has 6 atom stereocenters. The van der Waals surface area contributed by atoms with E-state index in [1.54, 1.807) is 28.4 Å². The zero-order valence-electron chi connectivity index (χ0n) is 15.5. The van der Waals surface area contributed by atoms with Gasteiger partial charge < -0.3 is 23.7 Å². The molecule has 25 heavy (non-hydrogen) atoms. The first kappa shape index (κ1) is 26.2. The van der Waals surface area contributed by atoms with Gasteiger partial charge in [-0.2, -0.15) is 50.5 Å². The second-order valence-electron chi connectivity index (χ2n) is 5.82. The van der Waals surface area contributed by atoms with Crippen LogP contribution in [0.5, 0.6) is 0 Å². The summed E-state index contributed by atoms with van der Waals surface area (Å²) in [7, 11) is 6.60. The third-order valence-corrected chi connectivity index (χ3v) is 6.12. The summed E-state index contributed by atoms with van der Waals surface area (Å²) in [5, 5.41) is 0.173. The average Bonchev–Trinajstić information content (AvgIpc) is 2.62. The molecule has 0 aliphatic rings. The second kappa shape index (κ2) is 16.2. The highest BCUT2D eigenvalue weighted by Gasteiger charge is 2.32. The third kappa shape index (κ3) is 10.9. The molecule has 6 unspecified atom stereocenters. The highest BCUT2D eigenvalue weighted by molar-refractivity contribution is 7.85. The molecule has 9 heteroatoms. The molecule has 0 saturated heterocycles. The van der Waals surface area contributed by atoms with Crippen LogP contribution in [0.1, 0.15) is 12.8 Å². The van der Waals surface area contributed by atoms with Gasteiger partial charge in [-0.25, -0.2) is 0 Å². The molecule has 0 spiro atoms. The lowest BCUT2D eigenvalue weighted by atomic mass is 10.1. The van der Waals surface area contributed by atoms with Crippen molar-refractivity contribution in [2.45, 2.75) is 47.8 Å². The van der Waals surface area contributed by atoms with Crippen LogP contribution in [0.2, 0.25) is 0 Å². The van der Waals surface area contributed by atoms with Crippen molar-refractivity contribution >= 4 is 50.5 Å². The summed E-state index contributed by atoms with van der Waals surface area (Å²) in [6.07, 6.45) is 0.533. The maximum atomic E-state index is 6.43. The van der Waals surface area contributed by atoms with Gasteiger partial charge in [0.25, 0.3) is 0 Å². The van der Waals surface area contributed by atoms with Crippen molar-refractivity contribution in [1.29, 1.82) is 0 Å². The van der Waals surface area contributed by atoms with Crippen molar-refractivity contribution in [2.75, 3.05) is 53.2 Å². The van der Waals surface area contributed by atoms with Gasteiger partial charge in [0.15, 0.2) is 0 Å². The van der Waals surface area contributed by atoms with Crippen LogP contribution in [-0.2, 0) is 23.7 Å². The lowest BCUT2D eigenvalue weighted by molar-refractivity contribution is -0.154. The maximum Gasteiger partial charge on any atom is 0.107 e. The van der Waals surface area contributed by atoms with Crippen molar-refractivity contribution in [2.24, 2.45) is 0 Å². The van der Waals surface area contributed by atoms with E-state index in [1.165, 1.54) is 0 Å². The van der Waals surface area contributed by atoms with Crippen LogP contribution in [0.25, 0.3) is 0 Å². The zero-order valence-corrected chi connectivity index (χ0v) is 19.1. The Hall–Kier alpha value is 1.20. The highest BCUT2D eigenvalue weighted by Crippen LogP contribution is 2.23. The Kier molecular flexibility index (Phi) is 17.0. The Morgan fingerprint density at radius 1 is 0.640 bits per heavy atom. The molecule has 0 saturated carbocycles. The molecule has 0 radical (unpaired) electrons. The van der Waals surface area contributed by atoms with Gasteiger partial charge in [-0.15, -0.1) is 0 Å². The Labute approximate surface area is 174 Å². The van der Waals surface area contributed by atoms with Gasteiger partial charge in [0.2, 0.25) is 0 Å². The first-order chi connectivity index (χ1) is 12.0. The quantitative estimate of drug-likeness (QED) is 0.281. The Morgan fingerprint density at radius 3 is 1.24 bits per heavy atom. The molecule has 0 fully saturated rings. The number of thiol groups is 4. The summed E-state index contributed by atoms with van der Waals surface area (Å²) >= 11 is 17.8. The third-order valence-electron chi connectivity index (χ3n) is 3.88. The molecule has 0 aliphatic carbocycles. The summed E-state index contributed by atoms with van der Waals surface area (Å²) in [5.74, 6) is 1.29. The summed E-state index contributed by atoms with van der Waals surface area (Å²) in [6.45, 7) is 0.861. The predicted octanol–water partition coefficient (Wildman–Crippen LogP) is 2.30. The summed E-state index contributed by atoms with van der Waals surface area (Å²) in [6, 6.07) is 0. The van der Waals surface area contributed by atoms with Crippen LogP contribution in [-0.4, -0.2) is 88.1 Å². The maximum absolute atomic E-state index is 6.43. The summed E-state index contributed by atoms with van der Waals surface area (Å²) < 4.78 is 28.2. The van der Waals surface area contributed by atoms with Crippen LogP contribution in [0.15, 0.2) is 0 Å². The molecule has 0 heterocycles. The van der Waals surface area contributed by atoms with E-state index in [0.29, 0.717) is 37.6 Å². The molecule has 0 aromatic heterocycles. The van der Waals surface area contributed by atoms with Crippen molar-refractivity contribution in [3.8, 4) is 0 Å². The topological polar surface area (TPSA) is 46.2 Å². The lowest BCUT2D eigenvalue weighted by Crippen LogP contribution is -2.45. The molecule has 0 amide bonds. The van der Waals surface area contributed by atoms with Crippen LogP contribution in [0.4, 0.5) is 0 Å². The fourth-order valence-corrected chi connectivity index (χ4v) is 3.20. The minimum Gasteiger partial charge on any atom is -0.382 e. The van der Waals surface area contributed by atoms with E-state index in [-0.39, 0.29) is 34.9 Å². The molecular formula is C16H34O5S4. The van der Waals surface area contributed by atoms with Crippen LogP contribution < -0.4 is 0 Å². The second-order valence-corrected chi connectivity index (χ2v) is 8.01. The molecular weight excluding hydrogens is 400 g/mol. The smallest absolute Gasteiger partial charge is 0.107 e. The average molecular weight is 435 g/mol. The molecule has 0 aromatic carbocycles. The summed E-state index contributed by atoms with van der Waals surface area (Å²) in [4.78, 5) is 0. The van der Waals surface area contributed by atoms with E-state index in [4.69, 9.17) is 23.7 Å². The first-order valence-corrected chi connectivity index (χ1v) is 10.5. The molecule has 0 bridgehead atoms. The Balaban J connectivity index is 5.29. The normalized spacial score (nSPS) is 19.2. The number of hydrogen-bond acceptors (Lipinski definition) is 9. The van der Waals surface area contributed by atoms with E-state index >= 15 is 0 Å². The van der Waals surface area contributed by atoms with E-state index in [1.807, 2.05) is 0 Å². The van der Waals surface area contributed by atoms with Gasteiger partial charge in [-0.1, -0.05) is 0 Å². The highest BCUT2D eigenvalue weighted by atomic mass is 32.1. The molecule has 0 aliphatic heterocycles. The lowest BCUT2D eigenvalue weighted by Gasteiger charge is -2.35. The number of hydrogen-bond donors (Lipinski definition) is 4. The van der Waals surface area contributed by atoms with Crippen molar-refractivity contribution in [1.82, 2.24) is 0 Å². The minimum absolute atomic E-state index is 0.0867. The SMILES string of the molecule is COCC(OC)C(CC(S)CS)OC(CC(S)CS)C(COC)OC. The van der Waals surface area contributed by atoms with Gasteiger partial charge in [0.05, 0.1) is 25.4 Å². The standard InChI is InChI=1S/C16H34O5S4/c1-17-7-15(19-3)13(5-11(24)9-22)21-14(6-12(25)10-23)16(20-4)8-18-2/h11-16,22-25H,5-10H2,1-4H3. The number of methoxy groups -OCH3 is 4. The number of ether oxygens (including phenoxy) is 5. The van der Waals surface area contributed by atoms with Gasteiger partial charge in [0, 0.05) is 50.4 Å². The monoisotopic (exact) mass is 434 g/mol. The summed E-state index contributed by atoms with van der Waals surface area (Å²) in [5.41, 5.74) is 0. The van der Waals surface area contributed by atoms with E-state index in [0.717, 1.165) is 0 Å². The first-order valence-electron chi connectivity index (χ1n) is 8.23. The van der Waals surface area contributed by atoms with Gasteiger partial charge >= 0.3 is 0 Å². The van der Waals surface area contributed by atoms with Crippen LogP contribution >= 0.6 is 50.5 Å². The molecule has 0 N–H and O–H groups in total. The fourth-order valence-electron chi connectivity index (χ4n) is 2.48. The van der Waals surface area contributed by atoms with Gasteiger partial charge in [-0.3, -0.25) is 0 Å². The van der Waals surface area contributed by atoms with Gasteiger partial charge in [-0.05, 0) is 12.8 Å². The van der Waals surface area contributed by atoms with Crippen molar-refractivity contribution in [3.05, 3.63) is 0 Å². The van der Waals surface area contributed by atoms with Gasteiger partial charge in [0.1, 0.15) is 12.2 Å².